The van der Waals surface area contributed by atoms with Crippen LogP contribution < -0.4 is 0 Å². The average Bonchev–Trinajstić information content (AvgIpc) is 2.28. The first-order valence-corrected chi connectivity index (χ1v) is 4.95. The first-order chi connectivity index (χ1) is 7.33. The quantitative estimate of drug-likeness (QED) is 0.771. The van der Waals surface area contributed by atoms with E-state index in [1.807, 2.05) is 30.3 Å². The minimum Gasteiger partial charge on any atom is -0.388 e. The second-order valence-corrected chi connectivity index (χ2v) is 3.46. The van der Waals surface area contributed by atoms with E-state index in [1.54, 1.807) is 12.3 Å². The summed E-state index contributed by atoms with van der Waals surface area (Å²) < 4.78 is 0. The second-order valence-electron chi connectivity index (χ2n) is 3.46. The summed E-state index contributed by atoms with van der Waals surface area (Å²) in [6.45, 7) is 3.63. The molecule has 0 fully saturated rings. The fraction of sp³-hybridized carbons (Fsp3) is 0.154. The minimum atomic E-state index is -0.490. The van der Waals surface area contributed by atoms with Gasteiger partial charge in [0.05, 0.1) is 11.6 Å². The van der Waals surface area contributed by atoms with E-state index < -0.39 is 6.10 Å². The molecule has 2 heteroatoms. The number of benzene rings is 1. The summed E-state index contributed by atoms with van der Waals surface area (Å²) in [4.78, 5) is 4.25. The van der Waals surface area contributed by atoms with Crippen molar-refractivity contribution in [2.45, 2.75) is 12.5 Å². The number of aromatic nitrogens is 1. The molecule has 1 atom stereocenters. The van der Waals surface area contributed by atoms with E-state index >= 15 is 0 Å². The van der Waals surface area contributed by atoms with Gasteiger partial charge in [-0.2, -0.15) is 0 Å². The van der Waals surface area contributed by atoms with Crippen molar-refractivity contribution in [2.75, 3.05) is 0 Å². The van der Waals surface area contributed by atoms with Crippen LogP contribution in [0.4, 0.5) is 0 Å². The van der Waals surface area contributed by atoms with E-state index in [2.05, 4.69) is 11.6 Å². The SMILES string of the molecule is C=CCC(O)c1cccc2ncccc12. The topological polar surface area (TPSA) is 33.1 Å². The van der Waals surface area contributed by atoms with Crippen LogP contribution >= 0.6 is 0 Å². The highest BCUT2D eigenvalue weighted by atomic mass is 16.3. The summed E-state index contributed by atoms with van der Waals surface area (Å²) in [5.41, 5.74) is 1.83. The predicted octanol–water partition coefficient (Wildman–Crippen LogP) is 2.84. The molecule has 0 amide bonds. The van der Waals surface area contributed by atoms with Crippen molar-refractivity contribution in [3.8, 4) is 0 Å². The molecule has 2 nitrogen and oxygen atoms in total. The number of hydrogen-bond acceptors (Lipinski definition) is 2. The molecule has 0 saturated carbocycles. The molecule has 0 spiro atoms. The van der Waals surface area contributed by atoms with Gasteiger partial charge in [0.15, 0.2) is 0 Å². The van der Waals surface area contributed by atoms with E-state index in [4.69, 9.17) is 0 Å². The van der Waals surface area contributed by atoms with Crippen molar-refractivity contribution in [3.63, 3.8) is 0 Å². The maximum Gasteiger partial charge on any atom is 0.0830 e. The lowest BCUT2D eigenvalue weighted by Crippen LogP contribution is -1.97. The zero-order chi connectivity index (χ0) is 10.7. The molecular weight excluding hydrogens is 186 g/mol. The molecule has 2 rings (SSSR count). The summed E-state index contributed by atoms with van der Waals surface area (Å²) >= 11 is 0. The number of rotatable bonds is 3. The Balaban J connectivity index is 2.55. The molecule has 1 aromatic heterocycles. The summed E-state index contributed by atoms with van der Waals surface area (Å²) in [7, 11) is 0. The van der Waals surface area contributed by atoms with E-state index in [0.717, 1.165) is 16.5 Å². The van der Waals surface area contributed by atoms with Gasteiger partial charge in [-0.25, -0.2) is 0 Å². The van der Waals surface area contributed by atoms with E-state index in [0.29, 0.717) is 6.42 Å². The molecule has 1 aromatic carbocycles. The summed E-state index contributed by atoms with van der Waals surface area (Å²) in [5, 5.41) is 10.9. The Labute approximate surface area is 88.9 Å². The van der Waals surface area contributed by atoms with E-state index in [1.165, 1.54) is 0 Å². The molecule has 2 aromatic rings. The lowest BCUT2D eigenvalue weighted by Gasteiger charge is -2.10. The first kappa shape index (κ1) is 9.87. The molecule has 0 aliphatic carbocycles. The molecule has 0 aliphatic rings. The van der Waals surface area contributed by atoms with Crippen molar-refractivity contribution >= 4 is 10.9 Å². The van der Waals surface area contributed by atoms with Gasteiger partial charge in [0.2, 0.25) is 0 Å². The van der Waals surface area contributed by atoms with Crippen LogP contribution in [0.2, 0.25) is 0 Å². The van der Waals surface area contributed by atoms with Gasteiger partial charge < -0.3 is 5.11 Å². The Morgan fingerprint density at radius 2 is 2.20 bits per heavy atom. The molecule has 0 radical (unpaired) electrons. The molecule has 15 heavy (non-hydrogen) atoms. The second kappa shape index (κ2) is 4.24. The Bertz CT molecular complexity index is 473. The third-order valence-corrected chi connectivity index (χ3v) is 2.43. The van der Waals surface area contributed by atoms with Crippen molar-refractivity contribution in [3.05, 3.63) is 54.7 Å². The highest BCUT2D eigenvalue weighted by molar-refractivity contribution is 5.82. The van der Waals surface area contributed by atoms with Gasteiger partial charge in [0, 0.05) is 11.6 Å². The number of fused-ring (bicyclic) bond motifs is 1. The van der Waals surface area contributed by atoms with Gasteiger partial charge in [-0.05, 0) is 24.1 Å². The molecule has 76 valence electrons. The van der Waals surface area contributed by atoms with Gasteiger partial charge in [0.1, 0.15) is 0 Å². The normalized spacial score (nSPS) is 12.6. The van der Waals surface area contributed by atoms with Crippen molar-refractivity contribution in [2.24, 2.45) is 0 Å². The maximum atomic E-state index is 9.92. The van der Waals surface area contributed by atoms with Crippen LogP contribution in [0.25, 0.3) is 10.9 Å². The number of aliphatic hydroxyl groups is 1. The number of hydrogen-bond donors (Lipinski definition) is 1. The largest absolute Gasteiger partial charge is 0.388 e. The number of pyridine rings is 1. The van der Waals surface area contributed by atoms with Crippen molar-refractivity contribution < 1.29 is 5.11 Å². The highest BCUT2D eigenvalue weighted by Crippen LogP contribution is 2.24. The Kier molecular flexibility index (Phi) is 2.79. The Hall–Kier alpha value is -1.67. The molecular formula is C13H13NO. The van der Waals surface area contributed by atoms with Gasteiger partial charge in [-0.15, -0.1) is 6.58 Å². The van der Waals surface area contributed by atoms with Crippen LogP contribution in [0.15, 0.2) is 49.2 Å². The van der Waals surface area contributed by atoms with Crippen LogP contribution in [0, 0.1) is 0 Å². The fourth-order valence-electron chi connectivity index (χ4n) is 1.70. The smallest absolute Gasteiger partial charge is 0.0830 e. The highest BCUT2D eigenvalue weighted by Gasteiger charge is 2.09. The summed E-state index contributed by atoms with van der Waals surface area (Å²) in [6.07, 6.45) is 3.55. The van der Waals surface area contributed by atoms with Gasteiger partial charge in [-0.1, -0.05) is 24.3 Å². The van der Waals surface area contributed by atoms with Crippen LogP contribution in [-0.2, 0) is 0 Å². The third-order valence-electron chi connectivity index (χ3n) is 2.43. The zero-order valence-electron chi connectivity index (χ0n) is 8.43. The number of aliphatic hydroxyl groups excluding tert-OH is 1. The monoisotopic (exact) mass is 199 g/mol. The van der Waals surface area contributed by atoms with Crippen LogP contribution in [-0.4, -0.2) is 10.1 Å². The van der Waals surface area contributed by atoms with Gasteiger partial charge in [-0.3, -0.25) is 4.98 Å². The van der Waals surface area contributed by atoms with Gasteiger partial charge >= 0.3 is 0 Å². The predicted molar refractivity (Wildman–Crippen MR) is 61.5 cm³/mol. The average molecular weight is 199 g/mol. The Morgan fingerprint density at radius 1 is 1.33 bits per heavy atom. The molecule has 0 saturated heterocycles. The zero-order valence-corrected chi connectivity index (χ0v) is 8.43. The van der Waals surface area contributed by atoms with Crippen molar-refractivity contribution in [1.29, 1.82) is 0 Å². The standard InChI is InChI=1S/C13H13NO/c1-2-5-13(15)11-6-3-8-12-10(11)7-4-9-14-12/h2-4,6-9,13,15H,1,5H2. The van der Waals surface area contributed by atoms with Crippen LogP contribution in [0.5, 0.6) is 0 Å². The molecule has 1 N–H and O–H groups in total. The lowest BCUT2D eigenvalue weighted by molar-refractivity contribution is 0.183. The fourth-order valence-corrected chi connectivity index (χ4v) is 1.70. The number of nitrogens with zero attached hydrogens (tertiary/aromatic N) is 1. The van der Waals surface area contributed by atoms with E-state index in [-0.39, 0.29) is 0 Å². The van der Waals surface area contributed by atoms with E-state index in [9.17, 15) is 5.11 Å². The maximum absolute atomic E-state index is 9.92. The first-order valence-electron chi connectivity index (χ1n) is 4.95. The minimum absolute atomic E-state index is 0.490. The molecule has 1 unspecified atom stereocenters. The third kappa shape index (κ3) is 1.90. The molecule has 1 heterocycles. The van der Waals surface area contributed by atoms with Crippen LogP contribution in [0.3, 0.4) is 0 Å². The summed E-state index contributed by atoms with van der Waals surface area (Å²) in [6, 6.07) is 9.64. The molecule has 0 bridgehead atoms. The van der Waals surface area contributed by atoms with Crippen LogP contribution in [0.1, 0.15) is 18.1 Å². The lowest BCUT2D eigenvalue weighted by atomic mass is 10.0. The molecule has 0 aliphatic heterocycles. The summed E-state index contributed by atoms with van der Waals surface area (Å²) in [5.74, 6) is 0. The Morgan fingerprint density at radius 3 is 3.00 bits per heavy atom. The van der Waals surface area contributed by atoms with Gasteiger partial charge in [0.25, 0.3) is 0 Å². The van der Waals surface area contributed by atoms with Crippen molar-refractivity contribution in [1.82, 2.24) is 4.98 Å².